The summed E-state index contributed by atoms with van der Waals surface area (Å²) in [4.78, 5) is 25.8. The summed E-state index contributed by atoms with van der Waals surface area (Å²) in [6.07, 6.45) is 4.47. The lowest BCUT2D eigenvalue weighted by Crippen LogP contribution is -2.48. The average Bonchev–Trinajstić information content (AvgIpc) is 2.98. The fraction of sp³-hybridized carbons (Fsp3) is 0.467. The number of hydrogen-bond acceptors (Lipinski definition) is 2. The minimum atomic E-state index is -0.550. The number of rotatable bonds is 3. The minimum Gasteiger partial charge on any atom is -0.309 e. The molecule has 1 N–H and O–H groups in total. The van der Waals surface area contributed by atoms with E-state index in [0.29, 0.717) is 6.54 Å². The van der Waals surface area contributed by atoms with Crippen molar-refractivity contribution in [2.24, 2.45) is 0 Å². The lowest BCUT2D eigenvalue weighted by atomic mass is 9.95. The second kappa shape index (κ2) is 4.68. The number of carbonyl (C=O) groups excluding carboxylic acids is 2. The normalized spacial score (nSPS) is 21.2. The Kier molecular flexibility index (Phi) is 3.01. The number of carbonyl (C=O) groups is 2. The largest absolute Gasteiger partial charge is 0.325 e. The highest BCUT2D eigenvalue weighted by atomic mass is 16.2. The van der Waals surface area contributed by atoms with Crippen LogP contribution in [0.2, 0.25) is 0 Å². The topological polar surface area (TPSA) is 49.4 Å². The molecule has 2 fully saturated rings. The number of amides is 3. The van der Waals surface area contributed by atoms with Crippen molar-refractivity contribution in [1.82, 2.24) is 10.2 Å². The molecule has 3 amide bonds. The quantitative estimate of drug-likeness (QED) is 0.844. The zero-order valence-electron chi connectivity index (χ0n) is 10.9. The molecular formula is C15H18N2O2. The molecule has 1 heterocycles. The molecule has 0 aromatic heterocycles. The van der Waals surface area contributed by atoms with Crippen LogP contribution in [0.3, 0.4) is 0 Å². The Hall–Kier alpha value is -1.84. The highest BCUT2D eigenvalue weighted by Gasteiger charge is 2.53. The number of urea groups is 1. The molecule has 4 nitrogen and oxygen atoms in total. The summed E-state index contributed by atoms with van der Waals surface area (Å²) in [7, 11) is 0. The van der Waals surface area contributed by atoms with Gasteiger partial charge in [0, 0.05) is 6.54 Å². The van der Waals surface area contributed by atoms with Crippen molar-refractivity contribution in [2.45, 2.75) is 37.6 Å². The van der Waals surface area contributed by atoms with Crippen LogP contribution in [0.25, 0.3) is 0 Å². The number of benzene rings is 1. The van der Waals surface area contributed by atoms with E-state index in [1.54, 1.807) is 4.90 Å². The summed E-state index contributed by atoms with van der Waals surface area (Å²) in [6.45, 7) is 0.613. The van der Waals surface area contributed by atoms with E-state index in [4.69, 9.17) is 0 Å². The van der Waals surface area contributed by atoms with Crippen molar-refractivity contribution in [3.63, 3.8) is 0 Å². The zero-order chi connectivity index (χ0) is 13.3. The first-order chi connectivity index (χ1) is 9.22. The van der Waals surface area contributed by atoms with Crippen molar-refractivity contribution in [3.05, 3.63) is 35.9 Å². The second-order valence-electron chi connectivity index (χ2n) is 5.39. The first-order valence-electron chi connectivity index (χ1n) is 6.89. The van der Waals surface area contributed by atoms with Gasteiger partial charge < -0.3 is 4.90 Å². The van der Waals surface area contributed by atoms with Crippen LogP contribution in [-0.2, 0) is 11.2 Å². The van der Waals surface area contributed by atoms with E-state index in [1.807, 2.05) is 18.2 Å². The van der Waals surface area contributed by atoms with Crippen LogP contribution in [-0.4, -0.2) is 28.9 Å². The Bertz CT molecular complexity index is 492. The van der Waals surface area contributed by atoms with Gasteiger partial charge in [-0.3, -0.25) is 10.1 Å². The highest BCUT2D eigenvalue weighted by molar-refractivity contribution is 6.07. The monoisotopic (exact) mass is 258 g/mol. The van der Waals surface area contributed by atoms with Gasteiger partial charge in [0.05, 0.1) is 0 Å². The summed E-state index contributed by atoms with van der Waals surface area (Å²) in [5.74, 6) is -0.0944. The van der Waals surface area contributed by atoms with Crippen LogP contribution in [0.4, 0.5) is 4.79 Å². The third-order valence-corrected chi connectivity index (χ3v) is 4.30. The Morgan fingerprint density at radius 3 is 2.47 bits per heavy atom. The molecule has 1 aliphatic carbocycles. The second-order valence-corrected chi connectivity index (χ2v) is 5.39. The summed E-state index contributed by atoms with van der Waals surface area (Å²) in [5, 5.41) is 2.48. The maximum absolute atomic E-state index is 12.1. The van der Waals surface area contributed by atoms with Gasteiger partial charge in [-0.25, -0.2) is 4.79 Å². The zero-order valence-corrected chi connectivity index (χ0v) is 10.9. The first-order valence-corrected chi connectivity index (χ1v) is 6.89. The molecule has 0 atom stereocenters. The smallest absolute Gasteiger partial charge is 0.309 e. The number of nitrogens with zero attached hydrogens (tertiary/aromatic N) is 1. The maximum Gasteiger partial charge on any atom is 0.325 e. The Balaban J connectivity index is 1.75. The predicted octanol–water partition coefficient (Wildman–Crippen LogP) is 2.09. The minimum absolute atomic E-state index is 0.0944. The number of imide groups is 1. The van der Waals surface area contributed by atoms with E-state index in [9.17, 15) is 9.59 Å². The third kappa shape index (κ3) is 2.01. The van der Waals surface area contributed by atoms with Gasteiger partial charge in [0.1, 0.15) is 5.54 Å². The van der Waals surface area contributed by atoms with Crippen molar-refractivity contribution in [1.29, 1.82) is 0 Å². The van der Waals surface area contributed by atoms with Gasteiger partial charge in [-0.15, -0.1) is 0 Å². The standard InChI is InChI=1S/C15H18N2O2/c18-13-15(9-4-5-10-15)17(14(19)16-13)11-8-12-6-2-1-3-7-12/h1-3,6-7H,4-5,8-11H2,(H,16,18,19). The summed E-state index contributed by atoms with van der Waals surface area (Å²) in [5.41, 5.74) is 0.647. The summed E-state index contributed by atoms with van der Waals surface area (Å²) < 4.78 is 0. The van der Waals surface area contributed by atoms with E-state index in [-0.39, 0.29) is 11.9 Å². The molecule has 1 aliphatic heterocycles. The molecule has 4 heteroatoms. The van der Waals surface area contributed by atoms with E-state index in [2.05, 4.69) is 17.4 Å². The Morgan fingerprint density at radius 2 is 1.79 bits per heavy atom. The molecule has 1 saturated carbocycles. The van der Waals surface area contributed by atoms with E-state index in [0.717, 1.165) is 32.1 Å². The van der Waals surface area contributed by atoms with Gasteiger partial charge in [-0.1, -0.05) is 43.2 Å². The van der Waals surface area contributed by atoms with Crippen molar-refractivity contribution in [3.8, 4) is 0 Å². The highest BCUT2D eigenvalue weighted by Crippen LogP contribution is 2.38. The number of hydrogen-bond donors (Lipinski definition) is 1. The van der Waals surface area contributed by atoms with Gasteiger partial charge in [0.15, 0.2) is 0 Å². The van der Waals surface area contributed by atoms with Crippen molar-refractivity contribution in [2.75, 3.05) is 6.54 Å². The van der Waals surface area contributed by atoms with Crippen LogP contribution < -0.4 is 5.32 Å². The molecule has 0 radical (unpaired) electrons. The van der Waals surface area contributed by atoms with Gasteiger partial charge in [-0.05, 0) is 24.8 Å². The van der Waals surface area contributed by atoms with Crippen molar-refractivity contribution >= 4 is 11.9 Å². The number of nitrogens with one attached hydrogen (secondary N) is 1. The molecule has 100 valence electrons. The predicted molar refractivity (Wildman–Crippen MR) is 71.6 cm³/mol. The third-order valence-electron chi connectivity index (χ3n) is 4.30. The van der Waals surface area contributed by atoms with E-state index >= 15 is 0 Å². The summed E-state index contributed by atoms with van der Waals surface area (Å²) in [6, 6.07) is 9.86. The average molecular weight is 258 g/mol. The first kappa shape index (κ1) is 12.2. The van der Waals surface area contributed by atoms with Gasteiger partial charge >= 0.3 is 6.03 Å². The lowest BCUT2D eigenvalue weighted by Gasteiger charge is -2.31. The fourth-order valence-electron chi connectivity index (χ4n) is 3.26. The molecule has 0 unspecified atom stereocenters. The lowest BCUT2D eigenvalue weighted by molar-refractivity contribution is -0.126. The fourth-order valence-corrected chi connectivity index (χ4v) is 3.26. The Morgan fingerprint density at radius 1 is 1.11 bits per heavy atom. The SMILES string of the molecule is O=C1NC(=O)C2(CCCC2)N1CCc1ccccc1. The molecule has 3 rings (SSSR count). The molecule has 1 saturated heterocycles. The van der Waals surface area contributed by atoms with E-state index < -0.39 is 5.54 Å². The molecule has 1 spiro atoms. The maximum atomic E-state index is 12.1. The van der Waals surface area contributed by atoms with Crippen LogP contribution >= 0.6 is 0 Å². The molecular weight excluding hydrogens is 240 g/mol. The molecule has 0 bridgehead atoms. The van der Waals surface area contributed by atoms with Crippen LogP contribution in [0, 0.1) is 0 Å². The van der Waals surface area contributed by atoms with Crippen LogP contribution in [0.15, 0.2) is 30.3 Å². The van der Waals surface area contributed by atoms with Gasteiger partial charge in [-0.2, -0.15) is 0 Å². The summed E-state index contributed by atoms with van der Waals surface area (Å²) >= 11 is 0. The molecule has 2 aliphatic rings. The Labute approximate surface area is 112 Å². The molecule has 1 aromatic carbocycles. The van der Waals surface area contributed by atoms with Crippen molar-refractivity contribution < 1.29 is 9.59 Å². The van der Waals surface area contributed by atoms with Crippen LogP contribution in [0.1, 0.15) is 31.2 Å². The van der Waals surface area contributed by atoms with Gasteiger partial charge in [0.2, 0.25) is 0 Å². The molecule has 1 aromatic rings. The van der Waals surface area contributed by atoms with Gasteiger partial charge in [0.25, 0.3) is 5.91 Å². The van der Waals surface area contributed by atoms with E-state index in [1.165, 1.54) is 5.56 Å². The van der Waals surface area contributed by atoms with Crippen LogP contribution in [0.5, 0.6) is 0 Å². The molecule has 19 heavy (non-hydrogen) atoms.